The summed E-state index contributed by atoms with van der Waals surface area (Å²) in [5.41, 5.74) is 1.47. The molecular formula is C25H25BrN6O5. The lowest BCUT2D eigenvalue weighted by Gasteiger charge is -2.20. The number of imidazole rings is 1. The van der Waals surface area contributed by atoms with Gasteiger partial charge in [0.2, 0.25) is 17.6 Å². The van der Waals surface area contributed by atoms with Gasteiger partial charge < -0.3 is 25.7 Å². The molecule has 0 aliphatic carbocycles. The maximum atomic E-state index is 12.9. The average molecular weight is 569 g/mol. The molecule has 4 N–H and O–H groups in total. The van der Waals surface area contributed by atoms with E-state index in [2.05, 4.69) is 42.2 Å². The minimum atomic E-state index is -1.22. The van der Waals surface area contributed by atoms with Crippen molar-refractivity contribution in [3.63, 3.8) is 0 Å². The van der Waals surface area contributed by atoms with Crippen molar-refractivity contribution in [1.82, 2.24) is 30.7 Å². The second-order valence-electron chi connectivity index (χ2n) is 8.59. The van der Waals surface area contributed by atoms with Gasteiger partial charge in [0.15, 0.2) is 0 Å². The third kappa shape index (κ3) is 6.79. The van der Waals surface area contributed by atoms with Crippen molar-refractivity contribution in [2.75, 3.05) is 13.1 Å². The minimum absolute atomic E-state index is 0.0234. The van der Waals surface area contributed by atoms with Crippen LogP contribution in [0.1, 0.15) is 28.9 Å². The molecule has 3 heterocycles. The SMILES string of the molecule is O=C(CNC(=O)c1cn2cc(Br)ccc2n1)NC(CC1CCNC1=O)C(=O)C(=O)NCc1ccccc1. The van der Waals surface area contributed by atoms with Crippen LogP contribution < -0.4 is 21.3 Å². The van der Waals surface area contributed by atoms with E-state index in [0.717, 1.165) is 10.0 Å². The second kappa shape index (κ2) is 11.8. The second-order valence-corrected chi connectivity index (χ2v) is 9.50. The van der Waals surface area contributed by atoms with Crippen LogP contribution in [0.4, 0.5) is 0 Å². The van der Waals surface area contributed by atoms with E-state index in [1.54, 1.807) is 34.9 Å². The van der Waals surface area contributed by atoms with Gasteiger partial charge in [0.05, 0.1) is 12.6 Å². The van der Waals surface area contributed by atoms with E-state index in [9.17, 15) is 24.0 Å². The third-order valence-electron chi connectivity index (χ3n) is 5.91. The number of halogens is 1. The number of Topliss-reactive ketones (excluding diaryl/α,β-unsaturated/α-hetero) is 1. The maximum absolute atomic E-state index is 12.9. The molecular weight excluding hydrogens is 544 g/mol. The topological polar surface area (TPSA) is 151 Å². The molecule has 1 saturated heterocycles. The molecule has 192 valence electrons. The highest BCUT2D eigenvalue weighted by Crippen LogP contribution is 2.17. The number of benzene rings is 1. The molecule has 0 bridgehead atoms. The van der Waals surface area contributed by atoms with Gasteiger partial charge in [0.1, 0.15) is 11.3 Å². The highest BCUT2D eigenvalue weighted by Gasteiger charge is 2.34. The third-order valence-corrected chi connectivity index (χ3v) is 6.38. The largest absolute Gasteiger partial charge is 0.356 e. The van der Waals surface area contributed by atoms with Crippen LogP contribution in [0, 0.1) is 5.92 Å². The molecule has 12 heteroatoms. The van der Waals surface area contributed by atoms with Gasteiger partial charge in [-0.05, 0) is 46.5 Å². The van der Waals surface area contributed by atoms with Gasteiger partial charge in [-0.15, -0.1) is 0 Å². The van der Waals surface area contributed by atoms with Crippen molar-refractivity contribution in [3.8, 4) is 0 Å². The van der Waals surface area contributed by atoms with Gasteiger partial charge in [0, 0.05) is 35.9 Å². The molecule has 0 saturated carbocycles. The Bertz CT molecular complexity index is 1340. The number of carbonyl (C=O) groups excluding carboxylic acids is 5. The summed E-state index contributed by atoms with van der Waals surface area (Å²) >= 11 is 3.35. The Hall–Kier alpha value is -4.06. The molecule has 2 unspecified atom stereocenters. The number of hydrogen-bond acceptors (Lipinski definition) is 6. The van der Waals surface area contributed by atoms with Crippen LogP contribution >= 0.6 is 15.9 Å². The normalized spacial score (nSPS) is 15.6. The molecule has 2 atom stereocenters. The fourth-order valence-corrected chi connectivity index (χ4v) is 4.33. The predicted octanol–water partition coefficient (Wildman–Crippen LogP) is 0.723. The van der Waals surface area contributed by atoms with Gasteiger partial charge in [-0.3, -0.25) is 24.0 Å². The molecule has 1 aliphatic rings. The van der Waals surface area contributed by atoms with Gasteiger partial charge in [-0.1, -0.05) is 30.3 Å². The summed E-state index contributed by atoms with van der Waals surface area (Å²) in [5, 5.41) is 10.2. The van der Waals surface area contributed by atoms with Crippen LogP contribution in [0.25, 0.3) is 5.65 Å². The molecule has 4 rings (SSSR count). The Labute approximate surface area is 220 Å². The number of nitrogens with one attached hydrogen (secondary N) is 4. The smallest absolute Gasteiger partial charge is 0.289 e. The lowest BCUT2D eigenvalue weighted by atomic mass is 9.95. The van der Waals surface area contributed by atoms with Crippen LogP contribution in [0.3, 0.4) is 0 Å². The molecule has 3 aromatic rings. The molecule has 0 radical (unpaired) electrons. The van der Waals surface area contributed by atoms with Crippen molar-refractivity contribution in [2.45, 2.75) is 25.4 Å². The number of fused-ring (bicyclic) bond motifs is 1. The Kier molecular flexibility index (Phi) is 8.29. The average Bonchev–Trinajstić information content (AvgIpc) is 3.51. The van der Waals surface area contributed by atoms with Crippen molar-refractivity contribution < 1.29 is 24.0 Å². The van der Waals surface area contributed by atoms with E-state index in [1.807, 2.05) is 18.2 Å². The van der Waals surface area contributed by atoms with Crippen LogP contribution in [0.5, 0.6) is 0 Å². The standard InChI is InChI=1S/C25H25BrN6O5/c26-17-6-7-20-30-19(14-32(20)13-17)24(36)29-12-21(33)31-18(10-16-8-9-27-23(16)35)22(34)25(37)28-11-15-4-2-1-3-5-15/h1-7,13-14,16,18H,8-12H2,(H,27,35)(H,28,37)(H,29,36)(H,31,33). The quantitative estimate of drug-likeness (QED) is 0.265. The molecule has 11 nitrogen and oxygen atoms in total. The van der Waals surface area contributed by atoms with Crippen LogP contribution in [0.15, 0.2) is 59.3 Å². The zero-order chi connectivity index (χ0) is 26.4. The molecule has 1 fully saturated rings. The summed E-state index contributed by atoms with van der Waals surface area (Å²) in [6, 6.07) is 11.4. The Morgan fingerprint density at radius 3 is 2.59 bits per heavy atom. The first-order valence-corrected chi connectivity index (χ1v) is 12.4. The highest BCUT2D eigenvalue weighted by atomic mass is 79.9. The summed E-state index contributed by atoms with van der Waals surface area (Å²) < 4.78 is 2.47. The van der Waals surface area contributed by atoms with E-state index >= 15 is 0 Å². The van der Waals surface area contributed by atoms with Crippen LogP contribution in [0.2, 0.25) is 0 Å². The van der Waals surface area contributed by atoms with Gasteiger partial charge in [0.25, 0.3) is 11.8 Å². The lowest BCUT2D eigenvalue weighted by molar-refractivity contribution is -0.140. The summed E-state index contributed by atoms with van der Waals surface area (Å²) in [6.45, 7) is 0.161. The molecule has 4 amide bonds. The fraction of sp³-hybridized carbons (Fsp3) is 0.280. The molecule has 1 aromatic carbocycles. The Morgan fingerprint density at radius 2 is 1.86 bits per heavy atom. The molecule has 2 aromatic heterocycles. The number of ketones is 1. The van der Waals surface area contributed by atoms with E-state index in [1.165, 1.54) is 6.20 Å². The first-order valence-electron chi connectivity index (χ1n) is 11.7. The maximum Gasteiger partial charge on any atom is 0.289 e. The number of pyridine rings is 1. The predicted molar refractivity (Wildman–Crippen MR) is 136 cm³/mol. The highest BCUT2D eigenvalue weighted by molar-refractivity contribution is 9.10. The zero-order valence-electron chi connectivity index (χ0n) is 19.7. The van der Waals surface area contributed by atoms with Crippen molar-refractivity contribution in [1.29, 1.82) is 0 Å². The van der Waals surface area contributed by atoms with Gasteiger partial charge in [-0.2, -0.15) is 0 Å². The first-order chi connectivity index (χ1) is 17.8. The summed E-state index contributed by atoms with van der Waals surface area (Å²) in [4.78, 5) is 66.9. The van der Waals surface area contributed by atoms with Crippen molar-refractivity contribution in [2.24, 2.45) is 5.92 Å². The minimum Gasteiger partial charge on any atom is -0.356 e. The molecule has 1 aliphatic heterocycles. The molecule has 0 spiro atoms. The Balaban J connectivity index is 1.36. The molecule has 37 heavy (non-hydrogen) atoms. The van der Waals surface area contributed by atoms with Gasteiger partial charge >= 0.3 is 0 Å². The lowest BCUT2D eigenvalue weighted by Crippen LogP contribution is -2.51. The summed E-state index contributed by atoms with van der Waals surface area (Å²) in [6.07, 6.45) is 3.73. The van der Waals surface area contributed by atoms with E-state index in [0.29, 0.717) is 18.6 Å². The number of aromatic nitrogens is 2. The Morgan fingerprint density at radius 1 is 1.08 bits per heavy atom. The summed E-state index contributed by atoms with van der Waals surface area (Å²) in [7, 11) is 0. The number of rotatable bonds is 10. The number of hydrogen-bond donors (Lipinski definition) is 4. The van der Waals surface area contributed by atoms with Crippen molar-refractivity contribution >= 4 is 51.0 Å². The fourth-order valence-electron chi connectivity index (χ4n) is 3.98. The monoisotopic (exact) mass is 568 g/mol. The first kappa shape index (κ1) is 26.0. The number of amides is 4. The zero-order valence-corrected chi connectivity index (χ0v) is 21.3. The van der Waals surface area contributed by atoms with E-state index in [4.69, 9.17) is 0 Å². The number of nitrogens with zero attached hydrogens (tertiary/aromatic N) is 2. The van der Waals surface area contributed by atoms with E-state index < -0.39 is 42.0 Å². The van der Waals surface area contributed by atoms with Crippen LogP contribution in [-0.4, -0.2) is 57.9 Å². The van der Waals surface area contributed by atoms with Gasteiger partial charge in [-0.25, -0.2) is 4.98 Å². The summed E-state index contributed by atoms with van der Waals surface area (Å²) in [5.74, 6) is -3.72. The van der Waals surface area contributed by atoms with Crippen molar-refractivity contribution in [3.05, 3.63) is 70.6 Å². The number of carbonyl (C=O) groups is 5. The van der Waals surface area contributed by atoms with Crippen LogP contribution in [-0.2, 0) is 25.7 Å². The van der Waals surface area contributed by atoms with E-state index in [-0.39, 0.29) is 24.6 Å².